The number of aromatic nitrogens is 2. The molecular weight excluding hydrogens is 368 g/mol. The summed E-state index contributed by atoms with van der Waals surface area (Å²) < 4.78 is 12.7. The van der Waals surface area contributed by atoms with Crippen LogP contribution in [0.5, 0.6) is 11.5 Å². The molecule has 2 N–H and O–H groups in total. The molecule has 0 spiro atoms. The lowest BCUT2D eigenvalue weighted by Crippen LogP contribution is -2.40. The van der Waals surface area contributed by atoms with Gasteiger partial charge in [0, 0.05) is 19.4 Å². The van der Waals surface area contributed by atoms with Crippen molar-refractivity contribution in [3.05, 3.63) is 77.9 Å². The SMILES string of the molecule is COc1ccc(C(NC(=O)NCCOc2ccc(C)cc2)c2nccn2C)cc1. The largest absolute Gasteiger partial charge is 0.497 e. The number of urea groups is 1. The van der Waals surface area contributed by atoms with Crippen molar-refractivity contribution in [3.8, 4) is 11.5 Å². The third-order valence-corrected chi connectivity index (χ3v) is 4.52. The smallest absolute Gasteiger partial charge is 0.315 e. The number of aryl methyl sites for hydroxylation is 2. The molecule has 0 aliphatic rings. The fourth-order valence-electron chi connectivity index (χ4n) is 2.90. The first-order valence-electron chi connectivity index (χ1n) is 9.42. The number of nitrogens with zero attached hydrogens (tertiary/aromatic N) is 2. The number of ether oxygens (including phenoxy) is 2. The van der Waals surface area contributed by atoms with Crippen molar-refractivity contribution in [2.75, 3.05) is 20.3 Å². The van der Waals surface area contributed by atoms with Gasteiger partial charge in [-0.25, -0.2) is 9.78 Å². The topological polar surface area (TPSA) is 77.4 Å². The Morgan fingerprint density at radius 1 is 1.10 bits per heavy atom. The van der Waals surface area contributed by atoms with Gasteiger partial charge in [-0.05, 0) is 36.8 Å². The minimum atomic E-state index is -0.390. The van der Waals surface area contributed by atoms with Gasteiger partial charge in [-0.1, -0.05) is 29.8 Å². The number of carbonyl (C=O) groups excluding carboxylic acids is 1. The lowest BCUT2D eigenvalue weighted by Gasteiger charge is -2.20. The third kappa shape index (κ3) is 5.51. The van der Waals surface area contributed by atoms with E-state index in [4.69, 9.17) is 9.47 Å². The van der Waals surface area contributed by atoms with Gasteiger partial charge in [0.25, 0.3) is 0 Å². The molecule has 29 heavy (non-hydrogen) atoms. The van der Waals surface area contributed by atoms with Crippen molar-refractivity contribution in [2.45, 2.75) is 13.0 Å². The highest BCUT2D eigenvalue weighted by Crippen LogP contribution is 2.22. The zero-order valence-electron chi connectivity index (χ0n) is 16.9. The van der Waals surface area contributed by atoms with Gasteiger partial charge in [-0.15, -0.1) is 0 Å². The normalized spacial score (nSPS) is 11.6. The molecule has 2 amide bonds. The molecule has 3 rings (SSSR count). The first-order valence-corrected chi connectivity index (χ1v) is 9.42. The predicted octanol–water partition coefficient (Wildman–Crippen LogP) is 3.20. The van der Waals surface area contributed by atoms with Gasteiger partial charge in [0.15, 0.2) is 0 Å². The summed E-state index contributed by atoms with van der Waals surface area (Å²) in [5.74, 6) is 2.27. The van der Waals surface area contributed by atoms with E-state index in [1.807, 2.05) is 73.3 Å². The van der Waals surface area contributed by atoms with Crippen molar-refractivity contribution < 1.29 is 14.3 Å². The van der Waals surface area contributed by atoms with Gasteiger partial charge in [0.1, 0.15) is 30.0 Å². The van der Waals surface area contributed by atoms with Gasteiger partial charge in [0.2, 0.25) is 0 Å². The number of hydrogen-bond donors (Lipinski definition) is 2. The van der Waals surface area contributed by atoms with Crippen LogP contribution >= 0.6 is 0 Å². The molecule has 1 aromatic heterocycles. The van der Waals surface area contributed by atoms with Gasteiger partial charge in [-0.3, -0.25) is 0 Å². The maximum Gasteiger partial charge on any atom is 0.315 e. The second-order valence-corrected chi connectivity index (χ2v) is 6.66. The highest BCUT2D eigenvalue weighted by Gasteiger charge is 2.20. The van der Waals surface area contributed by atoms with Crippen molar-refractivity contribution in [1.82, 2.24) is 20.2 Å². The summed E-state index contributed by atoms with van der Waals surface area (Å²) in [6.45, 7) is 2.79. The molecule has 0 saturated heterocycles. The monoisotopic (exact) mass is 394 g/mol. The Labute approximate surface area is 170 Å². The molecule has 1 atom stereocenters. The maximum absolute atomic E-state index is 12.5. The molecule has 2 aromatic carbocycles. The van der Waals surface area contributed by atoms with Crippen LogP contribution in [-0.2, 0) is 7.05 Å². The number of rotatable bonds is 8. The minimum absolute atomic E-state index is 0.290. The second-order valence-electron chi connectivity index (χ2n) is 6.66. The zero-order valence-corrected chi connectivity index (χ0v) is 16.9. The molecule has 0 radical (unpaired) electrons. The lowest BCUT2D eigenvalue weighted by atomic mass is 10.1. The van der Waals surface area contributed by atoms with Crippen molar-refractivity contribution >= 4 is 6.03 Å². The van der Waals surface area contributed by atoms with Crippen LogP contribution in [0.2, 0.25) is 0 Å². The first-order chi connectivity index (χ1) is 14.1. The summed E-state index contributed by atoms with van der Waals surface area (Å²) in [4.78, 5) is 16.9. The summed E-state index contributed by atoms with van der Waals surface area (Å²) in [6.07, 6.45) is 3.56. The van der Waals surface area contributed by atoms with E-state index in [1.54, 1.807) is 13.3 Å². The van der Waals surface area contributed by atoms with E-state index in [9.17, 15) is 4.79 Å². The van der Waals surface area contributed by atoms with Crippen molar-refractivity contribution in [1.29, 1.82) is 0 Å². The van der Waals surface area contributed by atoms with Crippen LogP contribution in [0.25, 0.3) is 0 Å². The Morgan fingerprint density at radius 2 is 1.79 bits per heavy atom. The highest BCUT2D eigenvalue weighted by atomic mass is 16.5. The van der Waals surface area contributed by atoms with Crippen molar-refractivity contribution in [2.24, 2.45) is 7.05 Å². The standard InChI is InChI=1S/C22H26N4O3/c1-16-4-8-19(9-5-16)29-15-13-24-22(27)25-20(21-23-12-14-26(21)2)17-6-10-18(28-3)11-7-17/h4-12,14,20H,13,15H2,1-3H3,(H2,24,25,27). The molecule has 0 aliphatic carbocycles. The van der Waals surface area contributed by atoms with Crippen LogP contribution < -0.4 is 20.1 Å². The van der Waals surface area contributed by atoms with E-state index in [0.717, 1.165) is 22.9 Å². The van der Waals surface area contributed by atoms with Crippen LogP contribution in [0.15, 0.2) is 60.9 Å². The fraction of sp³-hybridized carbons (Fsp3) is 0.273. The molecule has 3 aromatic rings. The molecule has 0 aliphatic heterocycles. The van der Waals surface area contributed by atoms with E-state index in [2.05, 4.69) is 15.6 Å². The molecule has 152 valence electrons. The number of nitrogens with one attached hydrogen (secondary N) is 2. The minimum Gasteiger partial charge on any atom is -0.497 e. The van der Waals surface area contributed by atoms with Crippen LogP contribution in [0, 0.1) is 6.92 Å². The molecule has 0 fully saturated rings. The fourth-order valence-corrected chi connectivity index (χ4v) is 2.90. The molecule has 1 unspecified atom stereocenters. The summed E-state index contributed by atoms with van der Waals surface area (Å²) >= 11 is 0. The molecule has 7 heteroatoms. The third-order valence-electron chi connectivity index (χ3n) is 4.52. The number of carbonyl (C=O) groups is 1. The average Bonchev–Trinajstić information content (AvgIpc) is 3.16. The lowest BCUT2D eigenvalue weighted by molar-refractivity contribution is 0.234. The Morgan fingerprint density at radius 3 is 2.41 bits per heavy atom. The number of hydrogen-bond acceptors (Lipinski definition) is 4. The Bertz CT molecular complexity index is 920. The summed E-state index contributed by atoms with van der Waals surface area (Å²) in [7, 11) is 3.52. The van der Waals surface area contributed by atoms with Crippen LogP contribution in [0.1, 0.15) is 23.0 Å². The number of benzene rings is 2. The van der Waals surface area contributed by atoms with E-state index in [0.29, 0.717) is 13.2 Å². The van der Waals surface area contributed by atoms with E-state index in [1.165, 1.54) is 5.56 Å². The summed E-state index contributed by atoms with van der Waals surface area (Å²) in [6, 6.07) is 14.7. The van der Waals surface area contributed by atoms with E-state index >= 15 is 0 Å². The van der Waals surface area contributed by atoms with E-state index < -0.39 is 0 Å². The average molecular weight is 394 g/mol. The molecular formula is C22H26N4O3. The Balaban J connectivity index is 1.59. The maximum atomic E-state index is 12.5. The number of imidazole rings is 1. The van der Waals surface area contributed by atoms with Gasteiger partial charge >= 0.3 is 6.03 Å². The first kappa shape index (κ1) is 20.3. The predicted molar refractivity (Wildman–Crippen MR) is 111 cm³/mol. The van der Waals surface area contributed by atoms with Gasteiger partial charge in [0.05, 0.1) is 13.7 Å². The highest BCUT2D eigenvalue weighted by molar-refractivity contribution is 5.74. The van der Waals surface area contributed by atoms with Gasteiger partial charge in [-0.2, -0.15) is 0 Å². The van der Waals surface area contributed by atoms with Crippen LogP contribution in [0.4, 0.5) is 4.79 Å². The van der Waals surface area contributed by atoms with Crippen LogP contribution in [0.3, 0.4) is 0 Å². The van der Waals surface area contributed by atoms with E-state index in [-0.39, 0.29) is 12.1 Å². The number of methoxy groups -OCH3 is 1. The summed E-state index contributed by atoms with van der Waals surface area (Å²) in [5.41, 5.74) is 2.08. The summed E-state index contributed by atoms with van der Waals surface area (Å²) in [5, 5.41) is 5.82. The van der Waals surface area contributed by atoms with Gasteiger partial charge < -0.3 is 24.7 Å². The second kappa shape index (κ2) is 9.64. The Kier molecular flexibility index (Phi) is 6.73. The van der Waals surface area contributed by atoms with Crippen LogP contribution in [-0.4, -0.2) is 35.8 Å². The molecule has 1 heterocycles. The quantitative estimate of drug-likeness (QED) is 0.575. The number of amides is 2. The van der Waals surface area contributed by atoms with Crippen molar-refractivity contribution in [3.63, 3.8) is 0 Å². The molecule has 0 bridgehead atoms. The molecule has 0 saturated carbocycles. The Hall–Kier alpha value is -3.48. The molecule has 7 nitrogen and oxygen atoms in total. The zero-order chi connectivity index (χ0) is 20.6.